The SMILES string of the molecule is Cc1ccc(-c2ccc(-c3ccc(-c4ccc5c(c4)c4cc(-c6ccc(-c7ccc(-c8ccc9c(c8)c8ccccc8n9-c8ccccc8)cc7)cc6)ccc4n5C)cc3)cc2)cc1. The molecule has 2 aromatic heterocycles. The maximum atomic E-state index is 2.37. The van der Waals surface area contributed by atoms with Gasteiger partial charge in [0.2, 0.25) is 0 Å². The first-order valence-electron chi connectivity index (χ1n) is 22.1. The molecule has 0 amide bonds. The third-order valence-electron chi connectivity index (χ3n) is 13.3. The molecule has 0 aliphatic carbocycles. The minimum atomic E-state index is 1.18. The summed E-state index contributed by atoms with van der Waals surface area (Å²) >= 11 is 0. The minimum Gasteiger partial charge on any atom is -0.344 e. The Morgan fingerprint density at radius 1 is 0.250 bits per heavy atom. The molecule has 2 nitrogen and oxygen atoms in total. The molecule has 0 spiro atoms. The van der Waals surface area contributed by atoms with Crippen LogP contribution in [0.5, 0.6) is 0 Å². The fourth-order valence-corrected chi connectivity index (χ4v) is 9.75. The number of nitrogens with zero attached hydrogens (tertiary/aromatic N) is 2. The predicted molar refractivity (Wildman–Crippen MR) is 272 cm³/mol. The van der Waals surface area contributed by atoms with E-state index in [1.54, 1.807) is 0 Å². The molecule has 0 unspecified atom stereocenters. The van der Waals surface area contributed by atoms with Gasteiger partial charge in [-0.1, -0.05) is 181 Å². The van der Waals surface area contributed by atoms with E-state index in [4.69, 9.17) is 0 Å². The number of rotatable bonds is 7. The van der Waals surface area contributed by atoms with Crippen molar-refractivity contribution >= 4 is 43.6 Å². The Bertz CT molecular complexity index is 3660. The molecule has 12 aromatic rings. The summed E-state index contributed by atoms with van der Waals surface area (Å²) in [6, 6.07) is 84.6. The summed E-state index contributed by atoms with van der Waals surface area (Å²) in [5, 5.41) is 5.07. The van der Waals surface area contributed by atoms with Crippen molar-refractivity contribution in [2.24, 2.45) is 7.05 Å². The topological polar surface area (TPSA) is 9.86 Å². The zero-order valence-electron chi connectivity index (χ0n) is 35.8. The molecule has 0 fully saturated rings. The Balaban J connectivity index is 0.795. The molecule has 0 radical (unpaired) electrons. The van der Waals surface area contributed by atoms with E-state index in [2.05, 4.69) is 254 Å². The van der Waals surface area contributed by atoms with Gasteiger partial charge in [0.05, 0.1) is 11.0 Å². The van der Waals surface area contributed by atoms with Gasteiger partial charge in [-0.05, 0) is 128 Å². The van der Waals surface area contributed by atoms with E-state index >= 15 is 0 Å². The number of fused-ring (bicyclic) bond motifs is 6. The second kappa shape index (κ2) is 15.3. The number of aromatic nitrogens is 2. The van der Waals surface area contributed by atoms with E-state index in [1.165, 1.54) is 122 Å². The average Bonchev–Trinajstić information content (AvgIpc) is 3.85. The van der Waals surface area contributed by atoms with Crippen LogP contribution in [0.2, 0.25) is 0 Å². The van der Waals surface area contributed by atoms with Crippen LogP contribution < -0.4 is 0 Å². The molecule has 0 aliphatic rings. The van der Waals surface area contributed by atoms with Crippen LogP contribution in [-0.4, -0.2) is 9.13 Å². The van der Waals surface area contributed by atoms with Crippen LogP contribution in [0.4, 0.5) is 0 Å². The number of hydrogen-bond acceptors (Lipinski definition) is 0. The van der Waals surface area contributed by atoms with Crippen molar-refractivity contribution in [1.29, 1.82) is 0 Å². The molecule has 0 saturated heterocycles. The van der Waals surface area contributed by atoms with Crippen molar-refractivity contribution in [2.45, 2.75) is 6.92 Å². The number of hydrogen-bond donors (Lipinski definition) is 0. The van der Waals surface area contributed by atoms with Gasteiger partial charge in [-0.25, -0.2) is 0 Å². The van der Waals surface area contributed by atoms with E-state index in [1.807, 2.05) is 0 Å². The van der Waals surface area contributed by atoms with Crippen LogP contribution in [0, 0.1) is 6.92 Å². The lowest BCUT2D eigenvalue weighted by atomic mass is 9.96. The van der Waals surface area contributed by atoms with Gasteiger partial charge in [0.1, 0.15) is 0 Å². The highest BCUT2D eigenvalue weighted by Crippen LogP contribution is 2.38. The molecule has 0 saturated carbocycles. The minimum absolute atomic E-state index is 1.18. The van der Waals surface area contributed by atoms with Crippen molar-refractivity contribution in [3.05, 3.63) is 236 Å². The van der Waals surface area contributed by atoms with E-state index in [0.29, 0.717) is 0 Å². The van der Waals surface area contributed by atoms with Crippen molar-refractivity contribution in [3.8, 4) is 72.4 Å². The monoisotopic (exact) mass is 816 g/mol. The largest absolute Gasteiger partial charge is 0.344 e. The first-order chi connectivity index (χ1) is 31.5. The second-order valence-corrected chi connectivity index (χ2v) is 17.1. The maximum absolute atomic E-state index is 2.37. The van der Waals surface area contributed by atoms with Gasteiger partial charge in [-0.2, -0.15) is 0 Å². The van der Waals surface area contributed by atoms with E-state index in [0.717, 1.165) is 0 Å². The Morgan fingerprint density at radius 3 is 0.969 bits per heavy atom. The summed E-state index contributed by atoms with van der Waals surface area (Å²) in [6.45, 7) is 2.13. The summed E-state index contributed by atoms with van der Waals surface area (Å²) < 4.78 is 4.68. The normalized spacial score (nSPS) is 11.6. The smallest absolute Gasteiger partial charge is 0.0541 e. The fourth-order valence-electron chi connectivity index (χ4n) is 9.75. The molecule has 2 heterocycles. The summed E-state index contributed by atoms with van der Waals surface area (Å²) in [6.07, 6.45) is 0. The Hall–Kier alpha value is -8.20. The molecule has 0 N–H and O–H groups in total. The van der Waals surface area contributed by atoms with E-state index in [-0.39, 0.29) is 0 Å². The van der Waals surface area contributed by atoms with E-state index in [9.17, 15) is 0 Å². The Labute approximate surface area is 373 Å². The zero-order chi connectivity index (χ0) is 42.7. The highest BCUT2D eigenvalue weighted by Gasteiger charge is 2.15. The highest BCUT2D eigenvalue weighted by atomic mass is 15.0. The second-order valence-electron chi connectivity index (χ2n) is 17.1. The lowest BCUT2D eigenvalue weighted by Crippen LogP contribution is -1.92. The summed E-state index contributed by atoms with van der Waals surface area (Å²) in [5.74, 6) is 0. The van der Waals surface area contributed by atoms with Gasteiger partial charge in [-0.15, -0.1) is 0 Å². The maximum Gasteiger partial charge on any atom is 0.0541 e. The number of benzene rings is 10. The highest BCUT2D eigenvalue weighted by molar-refractivity contribution is 6.11. The Kier molecular flexibility index (Phi) is 8.98. The summed E-state index contributed by atoms with van der Waals surface area (Å²) in [4.78, 5) is 0. The molecule has 64 heavy (non-hydrogen) atoms. The van der Waals surface area contributed by atoms with Gasteiger partial charge in [0, 0.05) is 45.3 Å². The molecular weight excluding hydrogens is 773 g/mol. The van der Waals surface area contributed by atoms with Crippen LogP contribution in [0.1, 0.15) is 5.56 Å². The lowest BCUT2D eigenvalue weighted by molar-refractivity contribution is 1.01. The Morgan fingerprint density at radius 2 is 0.547 bits per heavy atom. The zero-order valence-corrected chi connectivity index (χ0v) is 35.8. The molecule has 10 aromatic carbocycles. The molecule has 12 rings (SSSR count). The molecule has 2 heteroatoms. The lowest BCUT2D eigenvalue weighted by Gasteiger charge is -2.09. The van der Waals surface area contributed by atoms with Gasteiger partial charge in [-0.3, -0.25) is 0 Å². The van der Waals surface area contributed by atoms with Gasteiger partial charge in [0.15, 0.2) is 0 Å². The van der Waals surface area contributed by atoms with Gasteiger partial charge >= 0.3 is 0 Å². The van der Waals surface area contributed by atoms with Crippen LogP contribution >= 0.6 is 0 Å². The number of para-hydroxylation sites is 2. The van der Waals surface area contributed by atoms with Gasteiger partial charge < -0.3 is 9.13 Å². The van der Waals surface area contributed by atoms with Crippen molar-refractivity contribution in [3.63, 3.8) is 0 Å². The average molecular weight is 817 g/mol. The van der Waals surface area contributed by atoms with Crippen molar-refractivity contribution < 1.29 is 0 Å². The molecule has 0 bridgehead atoms. The standard InChI is InChI=1S/C62H44N2/c1-41-12-14-42(15-13-41)43-16-18-44(19-17-43)45-20-26-48(27-21-45)51-32-35-59-57(39-51)58-40-52(33-36-60(58)63(59)2)49-28-22-46(23-29-49)47-24-30-50(31-25-47)53-34-37-62-56(38-53)55-10-6-7-11-61(55)64(62)54-8-4-3-5-9-54/h3-40H,1-2H3. The number of aryl methyl sites for hydroxylation is 2. The third-order valence-corrected chi connectivity index (χ3v) is 13.3. The van der Waals surface area contributed by atoms with E-state index < -0.39 is 0 Å². The van der Waals surface area contributed by atoms with Crippen molar-refractivity contribution in [1.82, 2.24) is 9.13 Å². The van der Waals surface area contributed by atoms with Crippen LogP contribution in [-0.2, 0) is 7.05 Å². The molecular formula is C62H44N2. The first-order valence-corrected chi connectivity index (χ1v) is 22.1. The summed E-state index contributed by atoms with van der Waals surface area (Å²) in [5.41, 5.74) is 22.0. The van der Waals surface area contributed by atoms with Gasteiger partial charge in [0.25, 0.3) is 0 Å². The predicted octanol–water partition coefficient (Wildman–Crippen LogP) is 16.7. The van der Waals surface area contributed by atoms with Crippen LogP contribution in [0.25, 0.3) is 116 Å². The third kappa shape index (κ3) is 6.51. The molecule has 0 aliphatic heterocycles. The fraction of sp³-hybridized carbons (Fsp3) is 0.0323. The first kappa shape index (κ1) is 37.6. The summed E-state index contributed by atoms with van der Waals surface area (Å²) in [7, 11) is 2.17. The molecule has 302 valence electrons. The molecule has 0 atom stereocenters. The van der Waals surface area contributed by atoms with Crippen LogP contribution in [0.15, 0.2) is 231 Å². The van der Waals surface area contributed by atoms with Crippen LogP contribution in [0.3, 0.4) is 0 Å². The van der Waals surface area contributed by atoms with Crippen molar-refractivity contribution in [2.75, 3.05) is 0 Å². The quantitative estimate of drug-likeness (QED) is 0.152.